The van der Waals surface area contributed by atoms with Crippen LogP contribution in [0.3, 0.4) is 0 Å². The number of nitrogens with zero attached hydrogens (tertiary/aromatic N) is 1. The van der Waals surface area contributed by atoms with Crippen molar-refractivity contribution in [2.24, 2.45) is 0 Å². The first kappa shape index (κ1) is 23.3. The van der Waals surface area contributed by atoms with Crippen LogP contribution in [0.25, 0.3) is 0 Å². The minimum atomic E-state index is -0.345. The van der Waals surface area contributed by atoms with E-state index in [-0.39, 0.29) is 30.6 Å². The fraction of sp³-hybridized carbons (Fsp3) is 0.111. The topological polar surface area (TPSA) is 62.6 Å². The van der Waals surface area contributed by atoms with E-state index in [0.717, 1.165) is 11.1 Å². The van der Waals surface area contributed by atoms with Gasteiger partial charge in [-0.15, -0.1) is 0 Å². The minimum Gasteiger partial charge on any atom is -0.467 e. The van der Waals surface area contributed by atoms with Crippen molar-refractivity contribution in [3.05, 3.63) is 124 Å². The predicted octanol–water partition coefficient (Wildman–Crippen LogP) is 5.78. The number of nitrogens with one attached hydrogen (secondary N) is 1. The van der Waals surface area contributed by atoms with Crippen LogP contribution >= 0.6 is 11.6 Å². The fourth-order valence-electron chi connectivity index (χ4n) is 3.48. The van der Waals surface area contributed by atoms with Gasteiger partial charge in [0.05, 0.1) is 25.8 Å². The number of furan rings is 1. The monoisotopic (exact) mass is 476 g/mol. The average molecular weight is 477 g/mol. The van der Waals surface area contributed by atoms with E-state index in [1.807, 2.05) is 18.2 Å². The molecule has 0 saturated carbocycles. The molecule has 0 aliphatic heterocycles. The number of amides is 2. The Kier molecular flexibility index (Phi) is 7.40. The van der Waals surface area contributed by atoms with Crippen molar-refractivity contribution < 1.29 is 18.4 Å². The zero-order chi connectivity index (χ0) is 23.9. The van der Waals surface area contributed by atoms with Gasteiger partial charge in [-0.1, -0.05) is 35.9 Å². The van der Waals surface area contributed by atoms with Crippen LogP contribution in [0.5, 0.6) is 0 Å². The Morgan fingerprint density at radius 2 is 1.68 bits per heavy atom. The van der Waals surface area contributed by atoms with Crippen LogP contribution in [0.1, 0.15) is 27.2 Å². The molecule has 0 saturated heterocycles. The maximum atomic E-state index is 13.4. The largest absolute Gasteiger partial charge is 0.467 e. The average Bonchev–Trinajstić information content (AvgIpc) is 3.36. The van der Waals surface area contributed by atoms with Crippen LogP contribution in [-0.2, 0) is 24.3 Å². The van der Waals surface area contributed by atoms with Gasteiger partial charge in [0.15, 0.2) is 0 Å². The zero-order valence-corrected chi connectivity index (χ0v) is 19.0. The van der Waals surface area contributed by atoms with E-state index < -0.39 is 0 Å². The number of hydrogen-bond donors (Lipinski definition) is 1. The van der Waals surface area contributed by atoms with Crippen molar-refractivity contribution in [1.82, 2.24) is 5.32 Å². The summed E-state index contributed by atoms with van der Waals surface area (Å²) in [5.41, 5.74) is 2.61. The molecule has 0 aliphatic rings. The van der Waals surface area contributed by atoms with Gasteiger partial charge in [-0.25, -0.2) is 4.39 Å². The minimum absolute atomic E-state index is 0.147. The van der Waals surface area contributed by atoms with Gasteiger partial charge in [0.1, 0.15) is 11.6 Å². The highest BCUT2D eigenvalue weighted by molar-refractivity contribution is 6.30. The molecule has 1 N–H and O–H groups in total. The molecule has 0 bridgehead atoms. The highest BCUT2D eigenvalue weighted by atomic mass is 35.5. The lowest BCUT2D eigenvalue weighted by molar-refractivity contribution is -0.120. The van der Waals surface area contributed by atoms with E-state index in [2.05, 4.69) is 5.32 Å². The molecular formula is C27H22ClFN2O3. The van der Waals surface area contributed by atoms with E-state index in [4.69, 9.17) is 16.0 Å². The van der Waals surface area contributed by atoms with Crippen molar-refractivity contribution in [3.63, 3.8) is 0 Å². The van der Waals surface area contributed by atoms with Crippen molar-refractivity contribution in [1.29, 1.82) is 0 Å². The number of rotatable bonds is 8. The van der Waals surface area contributed by atoms with Gasteiger partial charge >= 0.3 is 0 Å². The molecule has 34 heavy (non-hydrogen) atoms. The van der Waals surface area contributed by atoms with Crippen LogP contribution in [0, 0.1) is 5.82 Å². The van der Waals surface area contributed by atoms with Crippen LogP contribution in [0.15, 0.2) is 95.6 Å². The Morgan fingerprint density at radius 3 is 2.38 bits per heavy atom. The third-order valence-corrected chi connectivity index (χ3v) is 5.47. The molecule has 7 heteroatoms. The number of carbonyl (C=O) groups is 2. The molecule has 0 spiro atoms. The summed E-state index contributed by atoms with van der Waals surface area (Å²) in [4.78, 5) is 27.4. The number of carbonyl (C=O) groups excluding carboxylic acids is 2. The first-order valence-corrected chi connectivity index (χ1v) is 11.1. The molecular weight excluding hydrogens is 455 g/mol. The van der Waals surface area contributed by atoms with E-state index in [0.29, 0.717) is 28.6 Å². The third-order valence-electron chi connectivity index (χ3n) is 5.22. The van der Waals surface area contributed by atoms with E-state index in [1.54, 1.807) is 65.8 Å². The van der Waals surface area contributed by atoms with Crippen LogP contribution < -0.4 is 10.2 Å². The fourth-order valence-corrected chi connectivity index (χ4v) is 3.61. The lowest BCUT2D eigenvalue weighted by Gasteiger charge is -2.24. The maximum Gasteiger partial charge on any atom is 0.258 e. The van der Waals surface area contributed by atoms with Gasteiger partial charge in [-0.05, 0) is 71.8 Å². The SMILES string of the molecule is O=C(Cc1cccc(N(Cc2ccc(F)cc2)C(=O)c2ccc(Cl)cc2)c1)NCc1ccco1. The normalized spacial score (nSPS) is 10.6. The summed E-state index contributed by atoms with van der Waals surface area (Å²) in [5, 5.41) is 3.35. The molecule has 5 nitrogen and oxygen atoms in total. The predicted molar refractivity (Wildman–Crippen MR) is 129 cm³/mol. The second-order valence-electron chi connectivity index (χ2n) is 7.73. The van der Waals surface area contributed by atoms with Crippen LogP contribution in [-0.4, -0.2) is 11.8 Å². The van der Waals surface area contributed by atoms with Gasteiger partial charge in [0.25, 0.3) is 5.91 Å². The second-order valence-corrected chi connectivity index (χ2v) is 8.16. The van der Waals surface area contributed by atoms with Crippen molar-refractivity contribution in [2.45, 2.75) is 19.5 Å². The highest BCUT2D eigenvalue weighted by Gasteiger charge is 2.19. The summed E-state index contributed by atoms with van der Waals surface area (Å²) in [6, 6.07) is 23.4. The van der Waals surface area contributed by atoms with Gasteiger partial charge in [-0.2, -0.15) is 0 Å². The summed E-state index contributed by atoms with van der Waals surface area (Å²) in [5.74, 6) is -0.0777. The lowest BCUT2D eigenvalue weighted by atomic mass is 10.1. The lowest BCUT2D eigenvalue weighted by Crippen LogP contribution is -2.30. The van der Waals surface area contributed by atoms with Crippen molar-refractivity contribution in [2.75, 3.05) is 4.90 Å². The Balaban J connectivity index is 1.56. The Morgan fingerprint density at radius 1 is 0.912 bits per heavy atom. The number of benzene rings is 3. The summed E-state index contributed by atoms with van der Waals surface area (Å²) < 4.78 is 18.6. The molecule has 3 aromatic carbocycles. The van der Waals surface area contributed by atoms with Gasteiger partial charge in [-0.3, -0.25) is 9.59 Å². The summed E-state index contributed by atoms with van der Waals surface area (Å²) >= 11 is 5.98. The molecule has 0 radical (unpaired) electrons. The zero-order valence-electron chi connectivity index (χ0n) is 18.2. The number of anilines is 1. The van der Waals surface area contributed by atoms with Crippen molar-refractivity contribution >= 4 is 29.1 Å². The molecule has 1 heterocycles. The first-order chi connectivity index (χ1) is 16.5. The Bertz CT molecular complexity index is 1260. The molecule has 4 aromatic rings. The molecule has 0 aliphatic carbocycles. The van der Waals surface area contributed by atoms with Gasteiger partial charge in [0, 0.05) is 16.3 Å². The van der Waals surface area contributed by atoms with Gasteiger partial charge < -0.3 is 14.6 Å². The van der Waals surface area contributed by atoms with Gasteiger partial charge in [0.2, 0.25) is 5.91 Å². The van der Waals surface area contributed by atoms with Crippen LogP contribution in [0.4, 0.5) is 10.1 Å². The second kappa shape index (κ2) is 10.8. The van der Waals surface area contributed by atoms with Crippen LogP contribution in [0.2, 0.25) is 5.02 Å². The molecule has 1 aromatic heterocycles. The molecule has 172 valence electrons. The molecule has 2 amide bonds. The Hall–Kier alpha value is -3.90. The number of hydrogen-bond acceptors (Lipinski definition) is 3. The summed E-state index contributed by atoms with van der Waals surface area (Å²) in [6.45, 7) is 0.535. The molecule has 4 rings (SSSR count). The standard InChI is InChI=1S/C27H22ClFN2O3/c28-22-10-8-21(9-11-22)27(33)31(18-19-6-12-23(29)13-7-19)24-4-1-3-20(15-24)16-26(32)30-17-25-5-2-14-34-25/h1-15H,16-18H2,(H,30,32). The third kappa shape index (κ3) is 6.11. The summed E-state index contributed by atoms with van der Waals surface area (Å²) in [6.07, 6.45) is 1.70. The Labute approximate surface area is 201 Å². The van der Waals surface area contributed by atoms with E-state index in [9.17, 15) is 14.0 Å². The smallest absolute Gasteiger partial charge is 0.258 e. The number of halogens is 2. The molecule has 0 fully saturated rings. The highest BCUT2D eigenvalue weighted by Crippen LogP contribution is 2.23. The quantitative estimate of drug-likeness (QED) is 0.351. The molecule has 0 unspecified atom stereocenters. The van der Waals surface area contributed by atoms with Crippen molar-refractivity contribution in [3.8, 4) is 0 Å². The maximum absolute atomic E-state index is 13.4. The first-order valence-electron chi connectivity index (χ1n) is 10.7. The summed E-state index contributed by atoms with van der Waals surface area (Å²) in [7, 11) is 0. The molecule has 0 atom stereocenters. The van der Waals surface area contributed by atoms with E-state index in [1.165, 1.54) is 12.1 Å². The van der Waals surface area contributed by atoms with E-state index >= 15 is 0 Å².